The van der Waals surface area contributed by atoms with Crippen molar-refractivity contribution >= 4 is 11.7 Å². The average molecular weight is 520 g/mol. The van der Waals surface area contributed by atoms with Crippen LogP contribution in [-0.4, -0.2) is 16.7 Å². The van der Waals surface area contributed by atoms with Gasteiger partial charge in [-0.15, -0.1) is 0 Å². The lowest BCUT2D eigenvalue weighted by molar-refractivity contribution is 0.572. The summed E-state index contributed by atoms with van der Waals surface area (Å²) in [4.78, 5) is 15.4. The second-order valence-electron chi connectivity index (χ2n) is 10.1. The van der Waals surface area contributed by atoms with Gasteiger partial charge in [-0.05, 0) is 34.4 Å². The van der Waals surface area contributed by atoms with Crippen molar-refractivity contribution in [2.24, 2.45) is 9.98 Å². The van der Waals surface area contributed by atoms with E-state index < -0.39 is 0 Å². The van der Waals surface area contributed by atoms with Crippen LogP contribution >= 0.6 is 0 Å². The minimum atomic E-state index is -0.0454. The minimum Gasteiger partial charge on any atom is -0.359 e. The summed E-state index contributed by atoms with van der Waals surface area (Å²) in [6.45, 7) is 0. The van der Waals surface area contributed by atoms with E-state index >= 15 is 0 Å². The number of aliphatic imine (C=N–C) groups is 2. The van der Waals surface area contributed by atoms with Crippen LogP contribution in [-0.2, 0) is 0 Å². The van der Waals surface area contributed by atoms with Crippen LogP contribution in [0.1, 0.15) is 57.8 Å². The molecule has 0 saturated heterocycles. The lowest BCUT2D eigenvalue weighted by Crippen LogP contribution is -2.28. The molecule has 40 heavy (non-hydrogen) atoms. The molecular weight excluding hydrogens is 490 g/mol. The second kappa shape index (κ2) is 10.6. The molecule has 4 unspecified atom stereocenters. The maximum Gasteiger partial charge on any atom is 0.148 e. The summed E-state index contributed by atoms with van der Waals surface area (Å²) >= 11 is 0. The molecule has 0 saturated carbocycles. The maximum atomic E-state index is 5.16. The minimum absolute atomic E-state index is 0.0240. The fourth-order valence-corrected chi connectivity index (χ4v) is 5.62. The SMILES string of the molecule is c1ccc(C2N=C(c3cccc(C4=NC(c5ccccc5)C(c5ccccc5)N4)n3)NC2c2ccccc2)cc1. The predicted octanol–water partition coefficient (Wildman–Crippen LogP) is 6.75. The van der Waals surface area contributed by atoms with E-state index in [1.54, 1.807) is 0 Å². The lowest BCUT2D eigenvalue weighted by atomic mass is 9.95. The quantitative estimate of drug-likeness (QED) is 0.261. The van der Waals surface area contributed by atoms with E-state index in [1.165, 1.54) is 22.3 Å². The van der Waals surface area contributed by atoms with Crippen LogP contribution in [0.4, 0.5) is 0 Å². The third kappa shape index (κ3) is 4.67. The van der Waals surface area contributed by atoms with Crippen LogP contribution < -0.4 is 10.6 Å². The number of amidine groups is 2. The Morgan fingerprint density at radius 1 is 0.375 bits per heavy atom. The van der Waals surface area contributed by atoms with Gasteiger partial charge in [-0.1, -0.05) is 127 Å². The highest BCUT2D eigenvalue weighted by Gasteiger charge is 2.34. The van der Waals surface area contributed by atoms with Crippen LogP contribution in [0.15, 0.2) is 150 Å². The first-order valence-electron chi connectivity index (χ1n) is 13.7. The molecule has 2 aliphatic rings. The molecule has 3 heterocycles. The summed E-state index contributed by atoms with van der Waals surface area (Å²) in [6.07, 6.45) is 0. The van der Waals surface area contributed by atoms with Gasteiger partial charge >= 0.3 is 0 Å². The van der Waals surface area contributed by atoms with Crippen molar-refractivity contribution in [1.29, 1.82) is 0 Å². The van der Waals surface area contributed by atoms with Crippen LogP contribution in [0, 0.1) is 0 Å². The van der Waals surface area contributed by atoms with E-state index in [9.17, 15) is 0 Å². The molecule has 0 spiro atoms. The van der Waals surface area contributed by atoms with Gasteiger partial charge in [-0.2, -0.15) is 0 Å². The van der Waals surface area contributed by atoms with E-state index in [2.05, 4.69) is 108 Å². The summed E-state index contributed by atoms with van der Waals surface area (Å²) in [7, 11) is 0. The Bertz CT molecular complexity index is 1530. The second-order valence-corrected chi connectivity index (χ2v) is 10.1. The molecule has 4 atom stereocenters. The molecule has 2 aliphatic heterocycles. The molecule has 0 fully saturated rings. The molecule has 7 rings (SSSR count). The number of hydrogen-bond acceptors (Lipinski definition) is 5. The number of nitrogens with zero attached hydrogens (tertiary/aromatic N) is 3. The molecule has 2 N–H and O–H groups in total. The maximum absolute atomic E-state index is 5.16. The Hall–Kier alpha value is -5.03. The molecule has 5 nitrogen and oxygen atoms in total. The highest BCUT2D eigenvalue weighted by Crippen LogP contribution is 2.38. The topological polar surface area (TPSA) is 61.7 Å². The lowest BCUT2D eigenvalue weighted by Gasteiger charge is -2.20. The number of nitrogens with one attached hydrogen (secondary N) is 2. The molecule has 1 aromatic heterocycles. The summed E-state index contributed by atoms with van der Waals surface area (Å²) < 4.78 is 0. The smallest absolute Gasteiger partial charge is 0.148 e. The Kier molecular flexibility index (Phi) is 6.38. The molecule has 194 valence electrons. The van der Waals surface area contributed by atoms with Gasteiger partial charge in [0.05, 0.1) is 12.1 Å². The van der Waals surface area contributed by atoms with E-state index in [0.29, 0.717) is 0 Å². The molecule has 5 aromatic rings. The Morgan fingerprint density at radius 3 is 1.10 bits per heavy atom. The van der Waals surface area contributed by atoms with Crippen molar-refractivity contribution in [3.8, 4) is 0 Å². The number of rotatable bonds is 6. The fraction of sp³-hybridized carbons (Fsp3) is 0.114. The van der Waals surface area contributed by atoms with Crippen LogP contribution in [0.25, 0.3) is 0 Å². The normalized spacial score (nSPS) is 21.7. The standard InChI is InChI=1S/C35H29N5/c1-5-14-24(15-6-1)30-31(25-16-7-2-8-17-25)38-34(37-30)28-22-13-23-29(36-28)35-39-32(26-18-9-3-10-19-26)33(40-35)27-20-11-4-12-21-27/h1-23,30-33H,(H,37,38)(H,39,40). The van der Waals surface area contributed by atoms with Crippen molar-refractivity contribution in [3.63, 3.8) is 0 Å². The molecule has 4 aromatic carbocycles. The molecule has 0 bridgehead atoms. The van der Waals surface area contributed by atoms with Crippen molar-refractivity contribution in [2.75, 3.05) is 0 Å². The molecule has 5 heteroatoms. The third-order valence-electron chi connectivity index (χ3n) is 7.59. The molecule has 0 amide bonds. The molecule has 0 radical (unpaired) electrons. The van der Waals surface area contributed by atoms with Gasteiger partial charge in [0, 0.05) is 0 Å². The van der Waals surface area contributed by atoms with Crippen molar-refractivity contribution in [1.82, 2.24) is 15.6 Å². The number of pyridine rings is 1. The van der Waals surface area contributed by atoms with Crippen LogP contribution in [0.3, 0.4) is 0 Å². The van der Waals surface area contributed by atoms with Gasteiger partial charge in [0.15, 0.2) is 0 Å². The highest BCUT2D eigenvalue weighted by atomic mass is 15.2. The largest absolute Gasteiger partial charge is 0.359 e. The van der Waals surface area contributed by atoms with Crippen LogP contribution in [0.5, 0.6) is 0 Å². The number of benzene rings is 4. The summed E-state index contributed by atoms with van der Waals surface area (Å²) in [5, 5.41) is 7.37. The Labute approximate surface area is 234 Å². The zero-order valence-corrected chi connectivity index (χ0v) is 21.9. The number of aromatic nitrogens is 1. The van der Waals surface area contributed by atoms with Gasteiger partial charge in [0.25, 0.3) is 0 Å². The average Bonchev–Trinajstić information content (AvgIpc) is 3.69. The molecular formula is C35H29N5. The fourth-order valence-electron chi connectivity index (χ4n) is 5.62. The first-order chi connectivity index (χ1) is 19.8. The van der Waals surface area contributed by atoms with Crippen LogP contribution in [0.2, 0.25) is 0 Å². The van der Waals surface area contributed by atoms with Crippen molar-refractivity contribution < 1.29 is 0 Å². The number of hydrogen-bond donors (Lipinski definition) is 2. The van der Waals surface area contributed by atoms with E-state index in [1.807, 2.05) is 42.5 Å². The van der Waals surface area contributed by atoms with Gasteiger partial charge in [-0.3, -0.25) is 9.98 Å². The molecule has 0 aliphatic carbocycles. The Morgan fingerprint density at radius 2 is 0.725 bits per heavy atom. The first kappa shape index (κ1) is 24.0. The van der Waals surface area contributed by atoms with E-state index in [4.69, 9.17) is 15.0 Å². The van der Waals surface area contributed by atoms with Crippen molar-refractivity contribution in [2.45, 2.75) is 24.2 Å². The van der Waals surface area contributed by atoms with Gasteiger partial charge < -0.3 is 10.6 Å². The van der Waals surface area contributed by atoms with Gasteiger partial charge in [-0.25, -0.2) is 4.98 Å². The predicted molar refractivity (Wildman–Crippen MR) is 160 cm³/mol. The van der Waals surface area contributed by atoms with E-state index in [-0.39, 0.29) is 24.2 Å². The van der Waals surface area contributed by atoms with E-state index in [0.717, 1.165) is 23.1 Å². The zero-order valence-electron chi connectivity index (χ0n) is 21.9. The Balaban J connectivity index is 1.23. The first-order valence-corrected chi connectivity index (χ1v) is 13.7. The van der Waals surface area contributed by atoms with Gasteiger partial charge in [0.1, 0.15) is 35.1 Å². The summed E-state index contributed by atoms with van der Waals surface area (Å²) in [6, 6.07) is 48.0. The van der Waals surface area contributed by atoms with Crippen molar-refractivity contribution in [3.05, 3.63) is 173 Å². The summed E-state index contributed by atoms with van der Waals surface area (Å²) in [5.41, 5.74) is 6.36. The monoisotopic (exact) mass is 519 g/mol. The van der Waals surface area contributed by atoms with Gasteiger partial charge in [0.2, 0.25) is 0 Å². The zero-order chi connectivity index (χ0) is 26.7. The third-order valence-corrected chi connectivity index (χ3v) is 7.59. The summed E-state index contributed by atoms with van der Waals surface area (Å²) in [5.74, 6) is 1.59. The highest BCUT2D eigenvalue weighted by molar-refractivity contribution is 6.02.